The van der Waals surface area contributed by atoms with E-state index in [2.05, 4.69) is 15.5 Å². The molecule has 0 unspecified atom stereocenters. The molecule has 0 fully saturated rings. The van der Waals surface area contributed by atoms with Crippen molar-refractivity contribution in [2.75, 3.05) is 0 Å². The summed E-state index contributed by atoms with van der Waals surface area (Å²) in [4.78, 5) is 17.1. The first kappa shape index (κ1) is 15.4. The van der Waals surface area contributed by atoms with Crippen LogP contribution in [0.2, 0.25) is 0 Å². The molecule has 6 nitrogen and oxygen atoms in total. The maximum atomic E-state index is 12.8. The largest absolute Gasteiger partial charge is 0.459 e. The third kappa shape index (κ3) is 2.65. The van der Waals surface area contributed by atoms with Gasteiger partial charge in [-0.2, -0.15) is 0 Å². The Labute approximate surface area is 143 Å². The van der Waals surface area contributed by atoms with Crippen molar-refractivity contribution < 1.29 is 13.7 Å². The molecule has 0 radical (unpaired) electrons. The summed E-state index contributed by atoms with van der Waals surface area (Å²) in [5, 5.41) is 8.54. The van der Waals surface area contributed by atoms with Crippen LogP contribution in [0.25, 0.3) is 22.1 Å². The van der Waals surface area contributed by atoms with Crippen molar-refractivity contribution >= 4 is 28.0 Å². The monoisotopic (exact) mass is 335 g/mol. The Morgan fingerprint density at radius 3 is 2.80 bits per heavy atom. The van der Waals surface area contributed by atoms with Gasteiger partial charge in [0.1, 0.15) is 11.3 Å². The molecular weight excluding hydrogens is 318 g/mol. The second kappa shape index (κ2) is 5.73. The van der Waals surface area contributed by atoms with E-state index in [0.717, 1.165) is 11.0 Å². The van der Waals surface area contributed by atoms with E-state index in [0.29, 0.717) is 33.8 Å². The highest BCUT2D eigenvalue weighted by Gasteiger charge is 2.20. The number of pyridine rings is 1. The van der Waals surface area contributed by atoms with Crippen LogP contribution in [0.5, 0.6) is 0 Å². The summed E-state index contributed by atoms with van der Waals surface area (Å²) in [6.45, 7) is 5.50. The maximum absolute atomic E-state index is 12.8. The molecule has 25 heavy (non-hydrogen) atoms. The molecule has 0 saturated heterocycles. The number of hydrogen-bond donors (Lipinski definition) is 1. The lowest BCUT2D eigenvalue weighted by molar-refractivity contribution is 0.0937. The zero-order valence-corrected chi connectivity index (χ0v) is 14.2. The molecule has 0 aliphatic heterocycles. The van der Waals surface area contributed by atoms with Gasteiger partial charge in [-0.25, -0.2) is 4.98 Å². The van der Waals surface area contributed by atoms with Crippen molar-refractivity contribution in [2.45, 2.75) is 26.8 Å². The van der Waals surface area contributed by atoms with Crippen LogP contribution >= 0.6 is 0 Å². The third-order valence-electron chi connectivity index (χ3n) is 4.21. The zero-order chi connectivity index (χ0) is 17.6. The van der Waals surface area contributed by atoms with Gasteiger partial charge in [0.05, 0.1) is 22.7 Å². The molecular formula is C19H17N3O3. The Hall–Kier alpha value is -3.15. The maximum Gasteiger partial charge on any atom is 0.258 e. The predicted molar refractivity (Wildman–Crippen MR) is 93.4 cm³/mol. The fourth-order valence-corrected chi connectivity index (χ4v) is 2.96. The fourth-order valence-electron chi connectivity index (χ4n) is 2.96. The first-order valence-corrected chi connectivity index (χ1v) is 8.06. The summed E-state index contributed by atoms with van der Waals surface area (Å²) < 4.78 is 11.0. The van der Waals surface area contributed by atoms with E-state index in [1.54, 1.807) is 13.0 Å². The molecule has 0 aliphatic rings. The van der Waals surface area contributed by atoms with Gasteiger partial charge < -0.3 is 14.3 Å². The van der Waals surface area contributed by atoms with Crippen molar-refractivity contribution in [3.05, 3.63) is 59.1 Å². The van der Waals surface area contributed by atoms with Gasteiger partial charge in [-0.05, 0) is 39.0 Å². The summed E-state index contributed by atoms with van der Waals surface area (Å²) in [6, 6.07) is 11.2. The number of aromatic nitrogens is 2. The summed E-state index contributed by atoms with van der Waals surface area (Å²) in [5.74, 6) is 0.494. The molecule has 3 aromatic heterocycles. The van der Waals surface area contributed by atoms with Crippen LogP contribution in [0.15, 0.2) is 45.3 Å². The lowest BCUT2D eigenvalue weighted by Gasteiger charge is -2.12. The Morgan fingerprint density at radius 1 is 1.20 bits per heavy atom. The van der Waals surface area contributed by atoms with Crippen LogP contribution in [-0.2, 0) is 0 Å². The van der Waals surface area contributed by atoms with E-state index in [9.17, 15) is 4.79 Å². The SMILES string of the molecule is Cc1cc(C(=O)N[C@H](C)c2cc3ccccc3o2)c2c(C)noc2n1. The number of carbonyl (C=O) groups excluding carboxylic acids is 1. The average molecular weight is 335 g/mol. The first-order valence-electron chi connectivity index (χ1n) is 8.06. The van der Waals surface area contributed by atoms with Gasteiger partial charge >= 0.3 is 0 Å². The van der Waals surface area contributed by atoms with Crippen LogP contribution in [0, 0.1) is 13.8 Å². The molecule has 0 spiro atoms. The molecule has 1 N–H and O–H groups in total. The second-order valence-corrected chi connectivity index (χ2v) is 6.14. The number of carbonyl (C=O) groups is 1. The topological polar surface area (TPSA) is 81.2 Å². The number of benzene rings is 1. The zero-order valence-electron chi connectivity index (χ0n) is 14.2. The highest BCUT2D eigenvalue weighted by atomic mass is 16.5. The molecule has 0 bridgehead atoms. The van der Waals surface area contributed by atoms with Crippen molar-refractivity contribution in [3.63, 3.8) is 0 Å². The summed E-state index contributed by atoms with van der Waals surface area (Å²) in [5.41, 5.74) is 3.02. The summed E-state index contributed by atoms with van der Waals surface area (Å²) >= 11 is 0. The highest BCUT2D eigenvalue weighted by molar-refractivity contribution is 6.06. The molecule has 1 atom stereocenters. The Balaban J connectivity index is 1.66. The Bertz CT molecular complexity index is 1060. The molecule has 3 heterocycles. The van der Waals surface area contributed by atoms with Gasteiger partial charge in [-0.3, -0.25) is 4.79 Å². The number of amides is 1. The lowest BCUT2D eigenvalue weighted by Crippen LogP contribution is -2.26. The highest BCUT2D eigenvalue weighted by Crippen LogP contribution is 2.25. The van der Waals surface area contributed by atoms with Crippen LogP contribution < -0.4 is 5.32 Å². The van der Waals surface area contributed by atoms with E-state index in [1.807, 2.05) is 44.2 Å². The van der Waals surface area contributed by atoms with Gasteiger partial charge in [0.25, 0.3) is 11.6 Å². The van der Waals surface area contributed by atoms with E-state index in [1.165, 1.54) is 0 Å². The van der Waals surface area contributed by atoms with E-state index < -0.39 is 0 Å². The standard InChI is InChI=1S/C19H17N3O3/c1-10-8-14(17-12(3)22-25-19(17)20-10)18(23)21-11(2)16-9-13-6-4-5-7-15(13)24-16/h4-9,11H,1-3H3,(H,21,23)/t11-/m1/s1. The minimum atomic E-state index is -0.274. The van der Waals surface area contributed by atoms with Gasteiger partial charge in [0, 0.05) is 11.1 Å². The molecule has 1 aromatic carbocycles. The normalized spacial score (nSPS) is 12.6. The smallest absolute Gasteiger partial charge is 0.258 e. The fraction of sp³-hybridized carbons (Fsp3) is 0.211. The molecule has 4 rings (SSSR count). The molecule has 126 valence electrons. The van der Waals surface area contributed by atoms with Crippen LogP contribution in [0.3, 0.4) is 0 Å². The number of nitrogens with zero attached hydrogens (tertiary/aromatic N) is 2. The van der Waals surface area contributed by atoms with Crippen molar-refractivity contribution in [1.82, 2.24) is 15.5 Å². The van der Waals surface area contributed by atoms with Crippen molar-refractivity contribution in [2.24, 2.45) is 0 Å². The van der Waals surface area contributed by atoms with Crippen molar-refractivity contribution in [1.29, 1.82) is 0 Å². The third-order valence-corrected chi connectivity index (χ3v) is 4.21. The Kier molecular flexibility index (Phi) is 3.53. The number of para-hydroxylation sites is 1. The molecule has 4 aromatic rings. The lowest BCUT2D eigenvalue weighted by atomic mass is 10.1. The van der Waals surface area contributed by atoms with Crippen molar-refractivity contribution in [3.8, 4) is 0 Å². The number of nitrogens with one attached hydrogen (secondary N) is 1. The summed E-state index contributed by atoms with van der Waals surface area (Å²) in [7, 11) is 0. The molecule has 1 amide bonds. The second-order valence-electron chi connectivity index (χ2n) is 6.14. The predicted octanol–water partition coefficient (Wildman–Crippen LogP) is 4.08. The summed E-state index contributed by atoms with van der Waals surface area (Å²) in [6.07, 6.45) is 0. The van der Waals surface area contributed by atoms with E-state index >= 15 is 0 Å². The quantitative estimate of drug-likeness (QED) is 0.610. The number of hydrogen-bond acceptors (Lipinski definition) is 5. The van der Waals surface area contributed by atoms with Crippen LogP contribution in [-0.4, -0.2) is 16.0 Å². The number of fused-ring (bicyclic) bond motifs is 2. The van der Waals surface area contributed by atoms with Gasteiger partial charge in [0.2, 0.25) is 0 Å². The van der Waals surface area contributed by atoms with Crippen LogP contribution in [0.1, 0.15) is 40.5 Å². The van der Waals surface area contributed by atoms with Gasteiger partial charge in [0.15, 0.2) is 0 Å². The number of rotatable bonds is 3. The molecule has 0 aliphatic carbocycles. The van der Waals surface area contributed by atoms with E-state index in [4.69, 9.17) is 8.94 Å². The first-order chi connectivity index (χ1) is 12.0. The average Bonchev–Trinajstić information content (AvgIpc) is 3.18. The van der Waals surface area contributed by atoms with Crippen LogP contribution in [0.4, 0.5) is 0 Å². The van der Waals surface area contributed by atoms with E-state index in [-0.39, 0.29) is 11.9 Å². The minimum absolute atomic E-state index is 0.213. The van der Waals surface area contributed by atoms with Gasteiger partial charge in [-0.15, -0.1) is 0 Å². The number of furan rings is 1. The molecule has 6 heteroatoms. The number of aryl methyl sites for hydroxylation is 2. The Morgan fingerprint density at radius 2 is 2.00 bits per heavy atom. The minimum Gasteiger partial charge on any atom is -0.459 e. The molecule has 0 saturated carbocycles. The van der Waals surface area contributed by atoms with Gasteiger partial charge in [-0.1, -0.05) is 23.4 Å².